The summed E-state index contributed by atoms with van der Waals surface area (Å²) >= 11 is 0. The van der Waals surface area contributed by atoms with Crippen LogP contribution in [-0.4, -0.2) is 42.7 Å². The van der Waals surface area contributed by atoms with Crippen LogP contribution in [0.4, 0.5) is 4.39 Å². The van der Waals surface area contributed by atoms with Crippen LogP contribution in [0.2, 0.25) is 0 Å². The molecule has 1 aliphatic heterocycles. The van der Waals surface area contributed by atoms with Gasteiger partial charge in [0.15, 0.2) is 0 Å². The highest BCUT2D eigenvalue weighted by Crippen LogP contribution is 2.12. The molecule has 1 fully saturated rings. The molecule has 0 saturated carbocycles. The molecule has 0 aromatic rings. The van der Waals surface area contributed by atoms with Crippen molar-refractivity contribution in [2.45, 2.75) is 38.5 Å². The molecule has 0 aromatic heterocycles. The quantitative estimate of drug-likeness (QED) is 0.759. The van der Waals surface area contributed by atoms with Crippen LogP contribution < -0.4 is 5.32 Å². The maximum atomic E-state index is 12.8. The molecular formula is C9H18ClFN2O. The Morgan fingerprint density at radius 2 is 2.14 bits per heavy atom. The van der Waals surface area contributed by atoms with Crippen LogP contribution in [0, 0.1) is 0 Å². The normalized spacial score (nSPS) is 26.1. The molecule has 0 radical (unpaired) electrons. The zero-order valence-corrected chi connectivity index (χ0v) is 9.60. The first-order valence-electron chi connectivity index (χ1n) is 4.66. The molecule has 3 nitrogen and oxygen atoms in total. The number of nitrogens with one attached hydrogen (secondary N) is 1. The smallest absolute Gasteiger partial charge is 0.239 e. The molecule has 0 bridgehead atoms. The molecule has 1 N–H and O–H groups in total. The standard InChI is InChI=1S/C9H17FN2O.ClH/c1-6(2)12(3)9(13)8-4-7(10)5-11-8;/h6-8,11H,4-5H2,1-3H3;1H/t7-,8+;/m0./s1. The topological polar surface area (TPSA) is 32.3 Å². The molecule has 5 heteroatoms. The molecular weight excluding hydrogens is 207 g/mol. The Balaban J connectivity index is 0.00000169. The van der Waals surface area contributed by atoms with Gasteiger partial charge >= 0.3 is 0 Å². The third-order valence-corrected chi connectivity index (χ3v) is 2.50. The number of hydrogen-bond acceptors (Lipinski definition) is 2. The van der Waals surface area contributed by atoms with Crippen molar-refractivity contribution in [3.8, 4) is 0 Å². The largest absolute Gasteiger partial charge is 0.342 e. The van der Waals surface area contributed by atoms with Crippen molar-refractivity contribution in [3.63, 3.8) is 0 Å². The predicted octanol–water partition coefficient (Wildman–Crippen LogP) is 0.975. The molecule has 1 amide bonds. The van der Waals surface area contributed by atoms with E-state index >= 15 is 0 Å². The first-order chi connectivity index (χ1) is 6.02. The van der Waals surface area contributed by atoms with Crippen molar-refractivity contribution < 1.29 is 9.18 Å². The fraction of sp³-hybridized carbons (Fsp3) is 0.889. The predicted molar refractivity (Wildman–Crippen MR) is 56.5 cm³/mol. The van der Waals surface area contributed by atoms with Gasteiger partial charge in [-0.15, -0.1) is 12.4 Å². The summed E-state index contributed by atoms with van der Waals surface area (Å²) in [6, 6.07) is -0.143. The van der Waals surface area contributed by atoms with Gasteiger partial charge in [-0.05, 0) is 13.8 Å². The first-order valence-corrected chi connectivity index (χ1v) is 4.66. The second-order valence-corrected chi connectivity index (χ2v) is 3.84. The lowest BCUT2D eigenvalue weighted by molar-refractivity contribution is -0.133. The van der Waals surface area contributed by atoms with Gasteiger partial charge in [-0.1, -0.05) is 0 Å². The first kappa shape index (κ1) is 13.7. The van der Waals surface area contributed by atoms with Gasteiger partial charge < -0.3 is 10.2 Å². The van der Waals surface area contributed by atoms with Crippen molar-refractivity contribution in [3.05, 3.63) is 0 Å². The van der Waals surface area contributed by atoms with Crippen molar-refractivity contribution >= 4 is 18.3 Å². The molecule has 0 aromatic carbocycles. The molecule has 1 aliphatic rings. The second kappa shape index (κ2) is 5.51. The van der Waals surface area contributed by atoms with Gasteiger partial charge in [0.05, 0.1) is 6.04 Å². The van der Waals surface area contributed by atoms with E-state index in [-0.39, 0.29) is 30.4 Å². The lowest BCUT2D eigenvalue weighted by Gasteiger charge is -2.24. The molecule has 0 aliphatic carbocycles. The Morgan fingerprint density at radius 1 is 1.57 bits per heavy atom. The van der Waals surface area contributed by atoms with Crippen molar-refractivity contribution in [2.24, 2.45) is 0 Å². The monoisotopic (exact) mass is 224 g/mol. The number of nitrogens with zero attached hydrogens (tertiary/aromatic N) is 1. The van der Waals surface area contributed by atoms with Crippen LogP contribution in [0.15, 0.2) is 0 Å². The average molecular weight is 225 g/mol. The van der Waals surface area contributed by atoms with E-state index in [1.807, 2.05) is 13.8 Å². The third-order valence-electron chi connectivity index (χ3n) is 2.50. The number of likely N-dealkylation sites (N-methyl/N-ethyl adjacent to an activating group) is 1. The number of halogens is 2. The van der Waals surface area contributed by atoms with Crippen molar-refractivity contribution in [1.29, 1.82) is 0 Å². The van der Waals surface area contributed by atoms with Crippen LogP contribution in [0.25, 0.3) is 0 Å². The number of hydrogen-bond donors (Lipinski definition) is 1. The summed E-state index contributed by atoms with van der Waals surface area (Å²) in [6.07, 6.45) is -0.551. The number of carbonyl (C=O) groups excluding carboxylic acids is 1. The van der Waals surface area contributed by atoms with Crippen LogP contribution in [0.1, 0.15) is 20.3 Å². The summed E-state index contributed by atoms with van der Waals surface area (Å²) in [5, 5.41) is 2.88. The SMILES string of the molecule is CC(C)N(C)C(=O)[C@H]1C[C@H](F)CN1.Cl. The van der Waals surface area contributed by atoms with E-state index in [2.05, 4.69) is 5.32 Å². The molecule has 2 atom stereocenters. The van der Waals surface area contributed by atoms with E-state index < -0.39 is 6.17 Å². The minimum atomic E-state index is -0.866. The maximum absolute atomic E-state index is 12.8. The van der Waals surface area contributed by atoms with Gasteiger partial charge in [0.25, 0.3) is 0 Å². The molecule has 14 heavy (non-hydrogen) atoms. The summed E-state index contributed by atoms with van der Waals surface area (Å²) in [5.41, 5.74) is 0. The fourth-order valence-electron chi connectivity index (χ4n) is 1.38. The highest BCUT2D eigenvalue weighted by Gasteiger charge is 2.31. The Morgan fingerprint density at radius 3 is 2.50 bits per heavy atom. The minimum Gasteiger partial charge on any atom is -0.342 e. The lowest BCUT2D eigenvalue weighted by atomic mass is 10.2. The number of alkyl halides is 1. The van der Waals surface area contributed by atoms with Gasteiger partial charge in [0, 0.05) is 26.1 Å². The van der Waals surface area contributed by atoms with E-state index in [1.54, 1.807) is 11.9 Å². The highest BCUT2D eigenvalue weighted by molar-refractivity contribution is 5.85. The summed E-state index contributed by atoms with van der Waals surface area (Å²) < 4.78 is 12.8. The minimum absolute atomic E-state index is 0. The summed E-state index contributed by atoms with van der Waals surface area (Å²) in [4.78, 5) is 13.3. The molecule has 1 rings (SSSR count). The number of amides is 1. The van der Waals surface area contributed by atoms with Crippen molar-refractivity contribution in [2.75, 3.05) is 13.6 Å². The van der Waals surface area contributed by atoms with Gasteiger partial charge in [-0.2, -0.15) is 0 Å². The van der Waals surface area contributed by atoms with E-state index in [9.17, 15) is 9.18 Å². The molecule has 0 unspecified atom stereocenters. The Labute approximate surface area is 90.4 Å². The summed E-state index contributed by atoms with van der Waals surface area (Å²) in [6.45, 7) is 4.20. The van der Waals surface area contributed by atoms with Gasteiger partial charge in [-0.3, -0.25) is 4.79 Å². The molecule has 1 heterocycles. The van der Waals surface area contributed by atoms with E-state index in [4.69, 9.17) is 0 Å². The lowest BCUT2D eigenvalue weighted by Crippen LogP contribution is -2.44. The maximum Gasteiger partial charge on any atom is 0.239 e. The van der Waals surface area contributed by atoms with Crippen LogP contribution in [-0.2, 0) is 4.79 Å². The van der Waals surface area contributed by atoms with Gasteiger partial charge in [0.2, 0.25) is 5.91 Å². The number of rotatable bonds is 2. The van der Waals surface area contributed by atoms with Crippen LogP contribution >= 0.6 is 12.4 Å². The molecule has 1 saturated heterocycles. The Kier molecular flexibility index (Phi) is 5.37. The average Bonchev–Trinajstić information content (AvgIpc) is 2.49. The number of carbonyl (C=O) groups is 1. The van der Waals surface area contributed by atoms with E-state index in [0.29, 0.717) is 13.0 Å². The Hall–Kier alpha value is -0.350. The van der Waals surface area contributed by atoms with Crippen LogP contribution in [0.3, 0.4) is 0 Å². The zero-order chi connectivity index (χ0) is 10.0. The fourth-order valence-corrected chi connectivity index (χ4v) is 1.38. The van der Waals surface area contributed by atoms with Crippen LogP contribution in [0.5, 0.6) is 0 Å². The molecule has 84 valence electrons. The van der Waals surface area contributed by atoms with E-state index in [0.717, 1.165) is 0 Å². The summed E-state index contributed by atoms with van der Waals surface area (Å²) in [5.74, 6) is -0.00449. The zero-order valence-electron chi connectivity index (χ0n) is 8.79. The van der Waals surface area contributed by atoms with Gasteiger partial charge in [0.1, 0.15) is 6.17 Å². The second-order valence-electron chi connectivity index (χ2n) is 3.84. The highest BCUT2D eigenvalue weighted by atomic mass is 35.5. The molecule has 0 spiro atoms. The Bertz CT molecular complexity index is 201. The van der Waals surface area contributed by atoms with Gasteiger partial charge in [-0.25, -0.2) is 4.39 Å². The summed E-state index contributed by atoms with van der Waals surface area (Å²) in [7, 11) is 1.75. The van der Waals surface area contributed by atoms with Crippen molar-refractivity contribution in [1.82, 2.24) is 10.2 Å². The van der Waals surface area contributed by atoms with E-state index in [1.165, 1.54) is 0 Å². The third kappa shape index (κ3) is 3.10.